The maximum Gasteiger partial charge on any atom is 0.125 e. The third kappa shape index (κ3) is 3.53. The normalized spacial score (nSPS) is 10.3. The Morgan fingerprint density at radius 2 is 2.12 bits per heavy atom. The smallest absolute Gasteiger partial charge is 0.125 e. The first-order valence-electron chi connectivity index (χ1n) is 5.25. The summed E-state index contributed by atoms with van der Waals surface area (Å²) in [6, 6.07) is 8.74. The van der Waals surface area contributed by atoms with Crippen LogP contribution in [0.15, 0.2) is 41.0 Å². The molecular formula is C13H12BrFN2. The van der Waals surface area contributed by atoms with Crippen LogP contribution in [0.2, 0.25) is 0 Å². The van der Waals surface area contributed by atoms with Crippen LogP contribution in [-0.2, 0) is 6.54 Å². The molecule has 1 aromatic heterocycles. The van der Waals surface area contributed by atoms with Gasteiger partial charge in [0.2, 0.25) is 0 Å². The van der Waals surface area contributed by atoms with Gasteiger partial charge < -0.3 is 5.32 Å². The highest BCUT2D eigenvalue weighted by atomic mass is 79.9. The minimum Gasteiger partial charge on any atom is -0.379 e. The molecule has 0 atom stereocenters. The lowest BCUT2D eigenvalue weighted by atomic mass is 10.2. The lowest BCUT2D eigenvalue weighted by molar-refractivity contribution is 0.627. The van der Waals surface area contributed by atoms with E-state index in [0.29, 0.717) is 6.54 Å². The molecule has 0 saturated heterocycles. The Kier molecular flexibility index (Phi) is 3.74. The van der Waals surface area contributed by atoms with Crippen molar-refractivity contribution in [2.75, 3.05) is 5.32 Å². The fourth-order valence-corrected chi connectivity index (χ4v) is 1.78. The monoisotopic (exact) mass is 294 g/mol. The van der Waals surface area contributed by atoms with Crippen molar-refractivity contribution < 1.29 is 4.39 Å². The number of nitrogens with one attached hydrogen (secondary N) is 1. The van der Waals surface area contributed by atoms with Crippen molar-refractivity contribution in [3.63, 3.8) is 0 Å². The van der Waals surface area contributed by atoms with Gasteiger partial charge in [0.25, 0.3) is 0 Å². The fraction of sp³-hybridized carbons (Fsp3) is 0.154. The van der Waals surface area contributed by atoms with E-state index >= 15 is 0 Å². The number of aryl methyl sites for hydroxylation is 1. The summed E-state index contributed by atoms with van der Waals surface area (Å²) in [4.78, 5) is 4.24. The number of halogens is 2. The molecule has 0 bridgehead atoms. The van der Waals surface area contributed by atoms with E-state index in [0.717, 1.165) is 21.4 Å². The molecule has 4 heteroatoms. The summed E-state index contributed by atoms with van der Waals surface area (Å²) in [6.45, 7) is 2.45. The van der Waals surface area contributed by atoms with Gasteiger partial charge in [-0.1, -0.05) is 0 Å². The van der Waals surface area contributed by atoms with Crippen LogP contribution in [0.25, 0.3) is 0 Å². The summed E-state index contributed by atoms with van der Waals surface area (Å²) in [6.07, 6.45) is 1.74. The minimum atomic E-state index is -0.226. The summed E-state index contributed by atoms with van der Waals surface area (Å²) in [7, 11) is 0. The maximum absolute atomic E-state index is 13.1. The molecular weight excluding hydrogens is 283 g/mol. The Balaban J connectivity index is 2.04. The molecule has 17 heavy (non-hydrogen) atoms. The minimum absolute atomic E-state index is 0.226. The summed E-state index contributed by atoms with van der Waals surface area (Å²) in [5.74, 6) is -0.226. The van der Waals surface area contributed by atoms with E-state index in [1.807, 2.05) is 25.1 Å². The van der Waals surface area contributed by atoms with E-state index in [4.69, 9.17) is 0 Å². The summed E-state index contributed by atoms with van der Waals surface area (Å²) < 4.78 is 14.1. The van der Waals surface area contributed by atoms with Gasteiger partial charge in [-0.05, 0) is 58.7 Å². The SMILES string of the molecule is Cc1cc(F)cc(NCc2ccc(Br)cn2)c1. The predicted octanol–water partition coefficient (Wildman–Crippen LogP) is 3.90. The molecule has 0 aliphatic carbocycles. The fourth-order valence-electron chi connectivity index (χ4n) is 1.54. The molecule has 0 amide bonds. The van der Waals surface area contributed by atoms with E-state index in [1.165, 1.54) is 12.1 Å². The van der Waals surface area contributed by atoms with Crippen LogP contribution in [0.1, 0.15) is 11.3 Å². The van der Waals surface area contributed by atoms with Crippen LogP contribution in [0.5, 0.6) is 0 Å². The molecule has 2 aromatic rings. The Hall–Kier alpha value is -1.42. The van der Waals surface area contributed by atoms with Crippen LogP contribution in [-0.4, -0.2) is 4.98 Å². The number of benzene rings is 1. The molecule has 0 fully saturated rings. The van der Waals surface area contributed by atoms with Crippen molar-refractivity contribution in [2.24, 2.45) is 0 Å². The second-order valence-corrected chi connectivity index (χ2v) is 4.75. The van der Waals surface area contributed by atoms with E-state index in [2.05, 4.69) is 26.2 Å². The van der Waals surface area contributed by atoms with E-state index in [-0.39, 0.29) is 5.82 Å². The van der Waals surface area contributed by atoms with Crippen LogP contribution >= 0.6 is 15.9 Å². The van der Waals surface area contributed by atoms with Gasteiger partial charge >= 0.3 is 0 Å². The standard InChI is InChI=1S/C13H12BrFN2/c1-9-4-11(15)6-13(5-9)17-8-12-3-2-10(14)7-16-12/h2-7,17H,8H2,1H3. The number of hydrogen-bond acceptors (Lipinski definition) is 2. The molecule has 0 aliphatic heterocycles. The molecule has 2 nitrogen and oxygen atoms in total. The summed E-state index contributed by atoms with van der Waals surface area (Å²) >= 11 is 3.33. The van der Waals surface area contributed by atoms with Crippen LogP contribution < -0.4 is 5.32 Å². The number of pyridine rings is 1. The predicted molar refractivity (Wildman–Crippen MR) is 70.4 cm³/mol. The Labute approximate surface area is 108 Å². The van der Waals surface area contributed by atoms with E-state index in [1.54, 1.807) is 6.20 Å². The molecule has 0 radical (unpaired) electrons. The Morgan fingerprint density at radius 1 is 1.29 bits per heavy atom. The zero-order chi connectivity index (χ0) is 12.3. The first-order chi connectivity index (χ1) is 8.13. The Morgan fingerprint density at radius 3 is 2.76 bits per heavy atom. The van der Waals surface area contributed by atoms with Gasteiger partial charge in [0.05, 0.1) is 12.2 Å². The van der Waals surface area contributed by atoms with Crippen molar-refractivity contribution in [3.8, 4) is 0 Å². The highest BCUT2D eigenvalue weighted by Crippen LogP contribution is 2.14. The van der Waals surface area contributed by atoms with Crippen LogP contribution in [0, 0.1) is 12.7 Å². The second kappa shape index (κ2) is 5.27. The third-order valence-corrected chi connectivity index (χ3v) is 2.77. The Bertz CT molecular complexity index is 491. The van der Waals surface area contributed by atoms with Gasteiger partial charge in [0.15, 0.2) is 0 Å². The number of aromatic nitrogens is 1. The number of rotatable bonds is 3. The largest absolute Gasteiger partial charge is 0.379 e. The lowest BCUT2D eigenvalue weighted by Crippen LogP contribution is -2.01. The molecule has 88 valence electrons. The molecule has 1 aromatic carbocycles. The number of nitrogens with zero attached hydrogens (tertiary/aromatic N) is 1. The molecule has 0 aliphatic rings. The van der Waals surface area contributed by atoms with Gasteiger partial charge in [-0.15, -0.1) is 0 Å². The van der Waals surface area contributed by atoms with Crippen molar-refractivity contribution >= 4 is 21.6 Å². The third-order valence-electron chi connectivity index (χ3n) is 2.30. The number of hydrogen-bond donors (Lipinski definition) is 1. The van der Waals surface area contributed by atoms with Crippen LogP contribution in [0.3, 0.4) is 0 Å². The zero-order valence-corrected chi connectivity index (χ0v) is 11.0. The average molecular weight is 295 g/mol. The van der Waals surface area contributed by atoms with Crippen molar-refractivity contribution in [1.82, 2.24) is 4.98 Å². The first kappa shape index (κ1) is 12.0. The lowest BCUT2D eigenvalue weighted by Gasteiger charge is -2.07. The number of anilines is 1. The van der Waals surface area contributed by atoms with E-state index in [9.17, 15) is 4.39 Å². The zero-order valence-electron chi connectivity index (χ0n) is 9.37. The molecule has 2 rings (SSSR count). The second-order valence-electron chi connectivity index (χ2n) is 3.84. The van der Waals surface area contributed by atoms with Crippen molar-refractivity contribution in [3.05, 3.63) is 58.1 Å². The van der Waals surface area contributed by atoms with Gasteiger partial charge in [0, 0.05) is 16.4 Å². The maximum atomic E-state index is 13.1. The molecule has 0 spiro atoms. The summed E-state index contributed by atoms with van der Waals surface area (Å²) in [5.41, 5.74) is 2.58. The van der Waals surface area contributed by atoms with Crippen molar-refractivity contribution in [1.29, 1.82) is 0 Å². The summed E-state index contributed by atoms with van der Waals surface area (Å²) in [5, 5.41) is 3.14. The van der Waals surface area contributed by atoms with Crippen LogP contribution in [0.4, 0.5) is 10.1 Å². The molecule has 1 N–H and O–H groups in total. The van der Waals surface area contributed by atoms with Gasteiger partial charge in [0.1, 0.15) is 5.82 Å². The van der Waals surface area contributed by atoms with E-state index < -0.39 is 0 Å². The van der Waals surface area contributed by atoms with Crippen molar-refractivity contribution in [2.45, 2.75) is 13.5 Å². The molecule has 1 heterocycles. The van der Waals surface area contributed by atoms with Gasteiger partial charge in [-0.25, -0.2) is 4.39 Å². The average Bonchev–Trinajstić information content (AvgIpc) is 2.27. The highest BCUT2D eigenvalue weighted by Gasteiger charge is 1.99. The highest BCUT2D eigenvalue weighted by molar-refractivity contribution is 9.10. The molecule has 0 saturated carbocycles. The van der Waals surface area contributed by atoms with Gasteiger partial charge in [-0.3, -0.25) is 4.98 Å². The topological polar surface area (TPSA) is 24.9 Å². The first-order valence-corrected chi connectivity index (χ1v) is 6.04. The molecule has 0 unspecified atom stereocenters. The quantitative estimate of drug-likeness (QED) is 0.928. The van der Waals surface area contributed by atoms with Gasteiger partial charge in [-0.2, -0.15) is 0 Å².